The maximum absolute atomic E-state index is 15.3. The van der Waals surface area contributed by atoms with Crippen LogP contribution < -0.4 is 20.9 Å². The van der Waals surface area contributed by atoms with Crippen molar-refractivity contribution in [3.8, 4) is 0 Å². The van der Waals surface area contributed by atoms with E-state index in [4.69, 9.17) is 27.8 Å². The zero-order valence-corrected chi connectivity index (χ0v) is 18.3. The lowest BCUT2D eigenvalue weighted by Gasteiger charge is -2.42. The number of carbonyl (C=O) groups excluding carboxylic acids is 3. The molecule has 33 heavy (non-hydrogen) atoms. The van der Waals surface area contributed by atoms with E-state index in [0.717, 1.165) is 6.07 Å². The van der Waals surface area contributed by atoms with Crippen LogP contribution in [0.1, 0.15) is 12.0 Å². The van der Waals surface area contributed by atoms with Gasteiger partial charge in [0, 0.05) is 35.7 Å². The molecule has 2 heterocycles. The number of ether oxygens (including phenoxy) is 1. The Morgan fingerprint density at radius 3 is 2.48 bits per heavy atom. The number of rotatable bonds is 4. The molecule has 4 amide bonds. The lowest BCUT2D eigenvalue weighted by Crippen LogP contribution is -2.70. The van der Waals surface area contributed by atoms with Gasteiger partial charge in [0.2, 0.25) is 5.54 Å². The Morgan fingerprint density at radius 1 is 1.21 bits per heavy atom. The average molecular weight is 478 g/mol. The van der Waals surface area contributed by atoms with Gasteiger partial charge in [-0.25, -0.2) is 9.18 Å². The van der Waals surface area contributed by atoms with Crippen LogP contribution in [0.4, 0.5) is 20.6 Å². The molecule has 2 aromatic rings. The fourth-order valence-corrected chi connectivity index (χ4v) is 5.11. The van der Waals surface area contributed by atoms with Crippen molar-refractivity contribution in [3.05, 3.63) is 58.9 Å². The third kappa shape index (κ3) is 3.46. The monoisotopic (exact) mass is 477 g/mol. The summed E-state index contributed by atoms with van der Waals surface area (Å²) < 4.78 is 19.6. The molecule has 3 atom stereocenters. The first-order valence-electron chi connectivity index (χ1n) is 10.2. The number of hydrogen-bond donors (Lipinski definition) is 3. The molecule has 0 saturated carbocycles. The maximum Gasteiger partial charge on any atom is 0.420 e. The zero-order valence-electron chi connectivity index (χ0n) is 17.5. The number of nitrogens with zero attached hydrogens (tertiary/aromatic N) is 2. The van der Waals surface area contributed by atoms with E-state index in [1.165, 1.54) is 41.3 Å². The second-order valence-corrected chi connectivity index (χ2v) is 8.59. The van der Waals surface area contributed by atoms with Crippen LogP contribution in [-0.4, -0.2) is 55.4 Å². The second-order valence-electron chi connectivity index (χ2n) is 8.15. The second kappa shape index (κ2) is 8.38. The molecule has 2 aliphatic heterocycles. The summed E-state index contributed by atoms with van der Waals surface area (Å²) in [7, 11) is 0. The molecule has 0 spiro atoms. The number of morpholine rings is 1. The first-order valence-corrected chi connectivity index (χ1v) is 10.6. The highest BCUT2D eigenvalue weighted by Gasteiger charge is 2.68. The molecule has 0 aliphatic carbocycles. The first kappa shape index (κ1) is 23.1. The van der Waals surface area contributed by atoms with Gasteiger partial charge in [-0.1, -0.05) is 11.6 Å². The van der Waals surface area contributed by atoms with E-state index in [9.17, 15) is 19.5 Å². The molecule has 11 heteroatoms. The van der Waals surface area contributed by atoms with E-state index >= 15 is 4.39 Å². The molecule has 1 unspecified atom stereocenters. The summed E-state index contributed by atoms with van der Waals surface area (Å²) in [5, 5.41) is 11.0. The van der Waals surface area contributed by atoms with E-state index in [2.05, 4.69) is 0 Å². The fourth-order valence-electron chi connectivity index (χ4n) is 4.99. The van der Waals surface area contributed by atoms with Gasteiger partial charge in [0.15, 0.2) is 0 Å². The minimum absolute atomic E-state index is 0.00823. The van der Waals surface area contributed by atoms with Gasteiger partial charge in [-0.15, -0.1) is 0 Å². The highest BCUT2D eigenvalue weighted by atomic mass is 35.5. The van der Waals surface area contributed by atoms with Gasteiger partial charge in [-0.3, -0.25) is 9.59 Å². The Balaban J connectivity index is 1.92. The van der Waals surface area contributed by atoms with Gasteiger partial charge in [-0.2, -0.15) is 4.48 Å². The van der Waals surface area contributed by atoms with E-state index in [1.807, 2.05) is 0 Å². The molecule has 2 aromatic carbocycles. The topological polar surface area (TPSA) is 136 Å². The summed E-state index contributed by atoms with van der Waals surface area (Å²) in [4.78, 5) is 39.4. The van der Waals surface area contributed by atoms with Crippen molar-refractivity contribution >= 4 is 40.8 Å². The Kier molecular flexibility index (Phi) is 5.87. The van der Waals surface area contributed by atoms with Crippen LogP contribution >= 0.6 is 11.6 Å². The molecule has 5 N–H and O–H groups in total. The summed E-state index contributed by atoms with van der Waals surface area (Å²) in [6.45, 7) is 0.00546. The third-order valence-corrected chi connectivity index (χ3v) is 6.67. The summed E-state index contributed by atoms with van der Waals surface area (Å²) >= 11 is 5.99. The van der Waals surface area contributed by atoms with Gasteiger partial charge in [-0.05, 0) is 30.3 Å². The fraction of sp³-hybridized carbons (Fsp3) is 0.318. The van der Waals surface area contributed by atoms with Crippen molar-refractivity contribution in [1.29, 1.82) is 0 Å². The number of halogens is 2. The molecule has 174 valence electrons. The molecule has 0 aromatic heterocycles. The number of hydrogen-bond acceptors (Lipinski definition) is 5. The molecule has 2 saturated heterocycles. The van der Waals surface area contributed by atoms with Crippen molar-refractivity contribution in [1.82, 2.24) is 4.48 Å². The Hall–Kier alpha value is -3.05. The number of benzene rings is 2. The first-order chi connectivity index (χ1) is 15.6. The number of nitrogens with two attached hydrogens (primary N) is 2. The van der Waals surface area contributed by atoms with Gasteiger partial charge in [0.1, 0.15) is 30.8 Å². The van der Waals surface area contributed by atoms with E-state index in [0.29, 0.717) is 5.02 Å². The summed E-state index contributed by atoms with van der Waals surface area (Å²) in [5.74, 6) is -2.15. The van der Waals surface area contributed by atoms with Gasteiger partial charge < -0.3 is 26.2 Å². The molecule has 9 nitrogen and oxygen atoms in total. The standard InChI is InChI=1S/C22H22ClFN4O5/c23-14-2-4-15(5-3-14)28(21(26)32)11-16(29)10-22(28,20(25)31)13-1-6-18(17(24)9-13)27-7-8-33-12-19(27)30/h1-6,9,16,29H,7-8,10-12H2,(H3-,25,26,31,32)/p+1/t16-,22-,28?/m1/s1. The highest BCUT2D eigenvalue weighted by molar-refractivity contribution is 6.30. The highest BCUT2D eigenvalue weighted by Crippen LogP contribution is 2.49. The quantitative estimate of drug-likeness (QED) is 0.571. The van der Waals surface area contributed by atoms with Crippen LogP contribution in [0.3, 0.4) is 0 Å². The average Bonchev–Trinajstić information content (AvgIpc) is 3.10. The van der Waals surface area contributed by atoms with Gasteiger partial charge >= 0.3 is 6.03 Å². The normalized spacial score (nSPS) is 27.5. The lowest BCUT2D eigenvalue weighted by atomic mass is 9.83. The SMILES string of the molecule is NC(=O)[C@]1(c2ccc(N3CCOCC3=O)c(F)c2)C[C@@H](O)C[N+]1(C(N)=O)c1ccc(Cl)cc1. The van der Waals surface area contributed by atoms with E-state index in [1.54, 1.807) is 0 Å². The van der Waals surface area contributed by atoms with Crippen molar-refractivity contribution < 1.29 is 28.6 Å². The van der Waals surface area contributed by atoms with Crippen molar-refractivity contribution in [2.45, 2.75) is 18.1 Å². The molecular weight excluding hydrogens is 455 g/mol. The summed E-state index contributed by atoms with van der Waals surface area (Å²) in [6, 6.07) is 8.96. The third-order valence-electron chi connectivity index (χ3n) is 6.42. The van der Waals surface area contributed by atoms with Crippen LogP contribution in [0.15, 0.2) is 42.5 Å². The minimum atomic E-state index is -1.90. The van der Waals surface area contributed by atoms with Crippen LogP contribution in [-0.2, 0) is 19.9 Å². The molecule has 2 aliphatic rings. The summed E-state index contributed by atoms with van der Waals surface area (Å²) in [6.07, 6.45) is -1.40. The number of anilines is 1. The van der Waals surface area contributed by atoms with Gasteiger partial charge in [0.05, 0.1) is 12.3 Å². The number of aliphatic hydroxyl groups is 1. The zero-order chi connectivity index (χ0) is 24.0. The van der Waals surface area contributed by atoms with Gasteiger partial charge in [0.25, 0.3) is 11.8 Å². The van der Waals surface area contributed by atoms with Crippen LogP contribution in [0, 0.1) is 5.82 Å². The Bertz CT molecular complexity index is 1130. The summed E-state index contributed by atoms with van der Waals surface area (Å²) in [5.41, 5.74) is 10.1. The number of primary amides is 2. The maximum atomic E-state index is 15.3. The van der Waals surface area contributed by atoms with Crippen LogP contribution in [0.2, 0.25) is 5.02 Å². The molecule has 0 bridgehead atoms. The molecular formula is C22H23ClFN4O5+. The molecule has 2 fully saturated rings. The number of aliphatic hydroxyl groups excluding tert-OH is 1. The van der Waals surface area contributed by atoms with E-state index < -0.39 is 39.8 Å². The number of likely N-dealkylation sites (tertiary alicyclic amines) is 1. The van der Waals surface area contributed by atoms with Crippen LogP contribution in [0.5, 0.6) is 0 Å². The minimum Gasteiger partial charge on any atom is -0.387 e. The Morgan fingerprint density at radius 2 is 1.91 bits per heavy atom. The smallest absolute Gasteiger partial charge is 0.387 e. The van der Waals surface area contributed by atoms with Crippen molar-refractivity contribution in [2.75, 3.05) is 31.2 Å². The number of urea groups is 1. The molecule has 4 rings (SSSR count). The number of carbonyl (C=O) groups is 3. The predicted molar refractivity (Wildman–Crippen MR) is 119 cm³/mol. The number of amides is 4. The number of quaternary nitrogens is 1. The Labute approximate surface area is 193 Å². The molecule has 0 radical (unpaired) electrons. The van der Waals surface area contributed by atoms with E-state index in [-0.39, 0.29) is 49.7 Å². The largest absolute Gasteiger partial charge is 0.420 e. The van der Waals surface area contributed by atoms with Crippen molar-refractivity contribution in [3.63, 3.8) is 0 Å². The van der Waals surface area contributed by atoms with Crippen LogP contribution in [0.25, 0.3) is 0 Å². The predicted octanol–water partition coefficient (Wildman–Crippen LogP) is 1.37. The van der Waals surface area contributed by atoms with Crippen molar-refractivity contribution in [2.24, 2.45) is 11.5 Å². The lowest BCUT2D eigenvalue weighted by molar-refractivity contribution is -0.127.